The zero-order valence-electron chi connectivity index (χ0n) is 25.4. The Morgan fingerprint density at radius 2 is 1.07 bits per heavy atom. The van der Waals surface area contributed by atoms with E-state index in [9.17, 15) is 0 Å². The normalized spacial score (nSPS) is 17.9. The number of hydrogen-bond acceptors (Lipinski definition) is 3. The highest BCUT2D eigenvalue weighted by molar-refractivity contribution is 6.65. The number of benzene rings is 5. The van der Waals surface area contributed by atoms with E-state index >= 15 is 0 Å². The lowest BCUT2D eigenvalue weighted by molar-refractivity contribution is 0.00578. The van der Waals surface area contributed by atoms with Crippen LogP contribution in [0.1, 0.15) is 49.9 Å². The van der Waals surface area contributed by atoms with E-state index in [4.69, 9.17) is 14.3 Å². The molecule has 0 unspecified atom stereocenters. The van der Waals surface area contributed by atoms with Gasteiger partial charge in [0.05, 0.1) is 27.8 Å². The highest BCUT2D eigenvalue weighted by Gasteiger charge is 2.55. The summed E-state index contributed by atoms with van der Waals surface area (Å²) in [6, 6.07) is 44.0. The lowest BCUT2D eigenvalue weighted by atomic mass is 9.68. The maximum Gasteiger partial charge on any atom is 0.497 e. The van der Waals surface area contributed by atoms with Crippen LogP contribution in [0.5, 0.6) is 0 Å². The lowest BCUT2D eigenvalue weighted by Gasteiger charge is -2.32. The number of para-hydroxylation sites is 1. The van der Waals surface area contributed by atoms with Crippen molar-refractivity contribution in [3.8, 4) is 33.5 Å². The maximum absolute atomic E-state index is 6.65. The molecule has 1 saturated heterocycles. The summed E-state index contributed by atoms with van der Waals surface area (Å²) in [5.74, 6) is 0. The fraction of sp³-hybridized carbons (Fsp3) is 0.175. The summed E-state index contributed by atoms with van der Waals surface area (Å²) >= 11 is 0. The molecule has 9 rings (SSSR count). The van der Waals surface area contributed by atoms with Gasteiger partial charge in [-0.2, -0.15) is 0 Å². The van der Waals surface area contributed by atoms with Crippen molar-refractivity contribution in [1.82, 2.24) is 4.98 Å². The first-order chi connectivity index (χ1) is 21.3. The fourth-order valence-electron chi connectivity index (χ4n) is 7.88. The van der Waals surface area contributed by atoms with Gasteiger partial charge in [0.1, 0.15) is 0 Å². The first-order valence-electron chi connectivity index (χ1n) is 15.5. The molecular formula is C40H32BNO2. The van der Waals surface area contributed by atoms with E-state index in [2.05, 4.69) is 149 Å². The van der Waals surface area contributed by atoms with Crippen LogP contribution in [-0.2, 0) is 14.7 Å². The topological polar surface area (TPSA) is 31.4 Å². The summed E-state index contributed by atoms with van der Waals surface area (Å²) in [7, 11) is -0.527. The third-order valence-electron chi connectivity index (χ3n) is 10.5. The maximum atomic E-state index is 6.65. The van der Waals surface area contributed by atoms with Gasteiger partial charge in [-0.1, -0.05) is 121 Å². The second kappa shape index (κ2) is 8.78. The number of nitrogens with zero attached hydrogens (tertiary/aromatic N) is 1. The summed E-state index contributed by atoms with van der Waals surface area (Å²) in [5.41, 5.74) is 12.8. The number of aromatic nitrogens is 1. The number of fused-ring (bicyclic) bond motifs is 12. The van der Waals surface area contributed by atoms with Gasteiger partial charge in [0.15, 0.2) is 0 Å². The summed E-state index contributed by atoms with van der Waals surface area (Å²) in [5, 5.41) is 1.13. The van der Waals surface area contributed by atoms with Crippen LogP contribution in [-0.4, -0.2) is 23.3 Å². The molecule has 0 amide bonds. The minimum Gasteiger partial charge on any atom is -0.399 e. The molecule has 2 aliphatic carbocycles. The third-order valence-corrected chi connectivity index (χ3v) is 10.5. The van der Waals surface area contributed by atoms with Crippen LogP contribution < -0.4 is 5.46 Å². The van der Waals surface area contributed by atoms with Gasteiger partial charge in [0.25, 0.3) is 0 Å². The van der Waals surface area contributed by atoms with Crippen molar-refractivity contribution in [2.24, 2.45) is 0 Å². The van der Waals surface area contributed by atoms with Gasteiger partial charge in [-0.15, -0.1) is 0 Å². The van der Waals surface area contributed by atoms with Gasteiger partial charge in [-0.25, -0.2) is 4.98 Å². The molecule has 1 aliphatic heterocycles. The van der Waals surface area contributed by atoms with Crippen molar-refractivity contribution in [3.05, 3.63) is 144 Å². The van der Waals surface area contributed by atoms with Gasteiger partial charge in [0.2, 0.25) is 0 Å². The molecule has 5 aromatic carbocycles. The van der Waals surface area contributed by atoms with Gasteiger partial charge in [-0.3, -0.25) is 0 Å². The minimum atomic E-state index is -0.527. The van der Waals surface area contributed by atoms with Crippen molar-refractivity contribution in [2.45, 2.75) is 44.3 Å². The van der Waals surface area contributed by atoms with Crippen molar-refractivity contribution in [2.75, 3.05) is 0 Å². The zero-order valence-corrected chi connectivity index (χ0v) is 25.4. The van der Waals surface area contributed by atoms with Crippen molar-refractivity contribution in [3.63, 3.8) is 0 Å². The lowest BCUT2D eigenvalue weighted by Crippen LogP contribution is -2.41. The first-order valence-corrected chi connectivity index (χ1v) is 15.5. The Labute approximate surface area is 258 Å². The molecule has 6 aromatic rings. The second-order valence-electron chi connectivity index (χ2n) is 13.3. The quantitative estimate of drug-likeness (QED) is 0.196. The summed E-state index contributed by atoms with van der Waals surface area (Å²) in [4.78, 5) is 5.56. The Kier molecular flexibility index (Phi) is 5.18. The smallest absolute Gasteiger partial charge is 0.399 e. The minimum absolute atomic E-state index is 0.459. The van der Waals surface area contributed by atoms with Crippen LogP contribution in [0.2, 0.25) is 0 Å². The molecule has 1 aromatic heterocycles. The van der Waals surface area contributed by atoms with E-state index in [-0.39, 0.29) is 0 Å². The van der Waals surface area contributed by atoms with Crippen molar-refractivity contribution < 1.29 is 9.31 Å². The molecule has 0 N–H and O–H groups in total. The van der Waals surface area contributed by atoms with Crippen molar-refractivity contribution >= 4 is 23.5 Å². The Bertz CT molecular complexity index is 2090. The SMILES string of the molecule is CC1(C)OB(c2cccc3c4c(c(-c5ccccc5)nc23)-c2ccccc2C42c3ccccc3-c3ccccc32)OC1(C)C. The molecular weight excluding hydrogens is 537 g/mol. The third kappa shape index (κ3) is 3.17. The monoisotopic (exact) mass is 569 g/mol. The Morgan fingerprint density at radius 3 is 1.68 bits per heavy atom. The molecule has 0 radical (unpaired) electrons. The molecule has 2 heterocycles. The fourth-order valence-corrected chi connectivity index (χ4v) is 7.88. The molecule has 3 aliphatic rings. The molecule has 1 fully saturated rings. The summed E-state index contributed by atoms with van der Waals surface area (Å²) in [6.45, 7) is 8.43. The van der Waals surface area contributed by atoms with Gasteiger partial charge >= 0.3 is 7.12 Å². The van der Waals surface area contributed by atoms with E-state index < -0.39 is 23.7 Å². The summed E-state index contributed by atoms with van der Waals surface area (Å²) in [6.07, 6.45) is 0. The number of pyridine rings is 1. The predicted molar refractivity (Wildman–Crippen MR) is 179 cm³/mol. The molecule has 0 atom stereocenters. The Hall–Kier alpha value is -4.51. The number of rotatable bonds is 2. The van der Waals surface area contributed by atoms with Crippen LogP contribution in [0.25, 0.3) is 44.4 Å². The van der Waals surface area contributed by atoms with E-state index in [1.54, 1.807) is 0 Å². The van der Waals surface area contributed by atoms with Crippen LogP contribution in [0.15, 0.2) is 121 Å². The standard InChI is InChI=1S/C40H32BNO2/c1-38(2)39(3,4)44-41(43-38)33-24-14-20-29-35-34(36(42-37(29)33)25-15-6-5-7-16-25)28-19-10-13-23-32(28)40(35)30-21-11-8-17-26(30)27-18-9-12-22-31(27)40/h5-24H,1-4H3. The van der Waals surface area contributed by atoms with Gasteiger partial charge in [-0.05, 0) is 66.6 Å². The largest absolute Gasteiger partial charge is 0.497 e. The molecule has 0 saturated carbocycles. The molecule has 212 valence electrons. The summed E-state index contributed by atoms with van der Waals surface area (Å²) < 4.78 is 13.3. The van der Waals surface area contributed by atoms with Gasteiger partial charge < -0.3 is 9.31 Å². The van der Waals surface area contributed by atoms with E-state index in [0.29, 0.717) is 0 Å². The highest BCUT2D eigenvalue weighted by Crippen LogP contribution is 2.65. The van der Waals surface area contributed by atoms with E-state index in [1.165, 1.54) is 44.5 Å². The molecule has 0 bridgehead atoms. The van der Waals surface area contributed by atoms with E-state index in [1.807, 2.05) is 0 Å². The molecule has 1 spiro atoms. The van der Waals surface area contributed by atoms with Gasteiger partial charge in [0, 0.05) is 22.0 Å². The van der Waals surface area contributed by atoms with Crippen LogP contribution in [0, 0.1) is 0 Å². The molecule has 4 heteroatoms. The second-order valence-corrected chi connectivity index (χ2v) is 13.3. The zero-order chi connectivity index (χ0) is 29.8. The number of hydrogen-bond donors (Lipinski definition) is 0. The molecule has 3 nitrogen and oxygen atoms in total. The Balaban J connectivity index is 1.47. The Morgan fingerprint density at radius 1 is 0.545 bits per heavy atom. The van der Waals surface area contributed by atoms with Crippen LogP contribution in [0.3, 0.4) is 0 Å². The highest BCUT2D eigenvalue weighted by atomic mass is 16.7. The average Bonchev–Trinajstić information content (AvgIpc) is 3.60. The van der Waals surface area contributed by atoms with Crippen LogP contribution in [0.4, 0.5) is 0 Å². The molecule has 44 heavy (non-hydrogen) atoms. The van der Waals surface area contributed by atoms with Crippen molar-refractivity contribution in [1.29, 1.82) is 0 Å². The predicted octanol–water partition coefficient (Wildman–Crippen LogP) is 8.54. The average molecular weight is 570 g/mol. The van der Waals surface area contributed by atoms with Crippen LogP contribution >= 0.6 is 0 Å². The van der Waals surface area contributed by atoms with E-state index in [0.717, 1.165) is 27.6 Å². The first kappa shape index (κ1) is 25.9.